The number of aryl methyl sites for hydroxylation is 1. The van der Waals surface area contributed by atoms with E-state index >= 15 is 0 Å². The van der Waals surface area contributed by atoms with Crippen molar-refractivity contribution >= 4 is 22.9 Å². The van der Waals surface area contributed by atoms with Gasteiger partial charge in [-0.15, -0.1) is 11.3 Å². The molecule has 0 amide bonds. The Balaban J connectivity index is 1.80. The van der Waals surface area contributed by atoms with E-state index in [1.54, 1.807) is 15.9 Å². The van der Waals surface area contributed by atoms with Gasteiger partial charge in [0.15, 0.2) is 0 Å². The fraction of sp³-hybridized carbons (Fsp3) is 0.429. The van der Waals surface area contributed by atoms with Gasteiger partial charge in [0.2, 0.25) is 0 Å². The molecule has 0 spiro atoms. The average Bonchev–Trinajstić information content (AvgIpc) is 3.08. The van der Waals surface area contributed by atoms with Crippen LogP contribution in [-0.2, 0) is 13.1 Å². The molecule has 0 aromatic carbocycles. The van der Waals surface area contributed by atoms with Gasteiger partial charge in [-0.25, -0.2) is 9.97 Å². The highest BCUT2D eigenvalue weighted by Gasteiger charge is 2.11. The van der Waals surface area contributed by atoms with Gasteiger partial charge in [0.1, 0.15) is 17.2 Å². The van der Waals surface area contributed by atoms with Crippen LogP contribution in [0.2, 0.25) is 0 Å². The molecule has 0 unspecified atom stereocenters. The van der Waals surface area contributed by atoms with Crippen LogP contribution in [0.25, 0.3) is 5.78 Å². The van der Waals surface area contributed by atoms with Crippen molar-refractivity contribution < 1.29 is 0 Å². The van der Waals surface area contributed by atoms with Crippen LogP contribution in [0.4, 0.5) is 5.82 Å². The van der Waals surface area contributed by atoms with Gasteiger partial charge in [-0.2, -0.15) is 14.6 Å². The number of aromatic nitrogens is 5. The predicted molar refractivity (Wildman–Crippen MR) is 87.1 cm³/mol. The first-order chi connectivity index (χ1) is 10.5. The number of anilines is 1. The minimum Gasteiger partial charge on any atom is -0.363 e. The van der Waals surface area contributed by atoms with Crippen molar-refractivity contribution in [2.45, 2.75) is 26.9 Å². The van der Waals surface area contributed by atoms with Crippen molar-refractivity contribution in [3.8, 4) is 0 Å². The van der Waals surface area contributed by atoms with E-state index in [2.05, 4.69) is 35.6 Å². The maximum absolute atomic E-state index is 4.64. The Bertz CT molecular complexity index is 790. The van der Waals surface area contributed by atoms with Crippen LogP contribution in [0.1, 0.15) is 22.0 Å². The summed E-state index contributed by atoms with van der Waals surface area (Å²) < 4.78 is 1.73. The molecule has 0 radical (unpaired) electrons. The lowest BCUT2D eigenvalue weighted by Crippen LogP contribution is -2.12. The van der Waals surface area contributed by atoms with E-state index in [0.29, 0.717) is 12.3 Å². The highest BCUT2D eigenvalue weighted by atomic mass is 32.1. The Morgan fingerprint density at radius 3 is 2.86 bits per heavy atom. The molecule has 0 atom stereocenters. The van der Waals surface area contributed by atoms with Crippen LogP contribution in [-0.4, -0.2) is 43.6 Å². The van der Waals surface area contributed by atoms with Gasteiger partial charge in [-0.05, 0) is 27.9 Å². The minimum absolute atomic E-state index is 0.609. The van der Waals surface area contributed by atoms with Crippen LogP contribution >= 0.6 is 11.3 Å². The fourth-order valence-corrected chi connectivity index (χ4v) is 2.95. The normalized spacial score (nSPS) is 11.5. The number of fused-ring (bicyclic) bond motifs is 1. The highest BCUT2D eigenvalue weighted by Crippen LogP contribution is 2.19. The Morgan fingerprint density at radius 1 is 1.27 bits per heavy atom. The summed E-state index contributed by atoms with van der Waals surface area (Å²) in [5, 5.41) is 10.8. The van der Waals surface area contributed by atoms with Crippen LogP contribution in [0.3, 0.4) is 0 Å². The van der Waals surface area contributed by atoms with Gasteiger partial charge < -0.3 is 10.2 Å². The summed E-state index contributed by atoms with van der Waals surface area (Å²) in [5.41, 5.74) is 3.12. The number of rotatable bonds is 5. The standard InChI is InChI=1S/C14H19N7S/c1-9-10(2)18-14-16-8-17-21(14)13(9)15-5-12-19-11(7-22-12)6-20(3)4/h7-8,15H,5-6H2,1-4H3. The molecule has 3 aromatic rings. The monoisotopic (exact) mass is 317 g/mol. The maximum Gasteiger partial charge on any atom is 0.254 e. The molecule has 0 bridgehead atoms. The van der Waals surface area contributed by atoms with E-state index in [0.717, 1.165) is 34.3 Å². The maximum atomic E-state index is 4.64. The minimum atomic E-state index is 0.609. The van der Waals surface area contributed by atoms with E-state index in [-0.39, 0.29) is 0 Å². The number of hydrogen-bond donors (Lipinski definition) is 1. The SMILES string of the molecule is Cc1nc2ncnn2c(NCc2nc(CN(C)C)cs2)c1C. The van der Waals surface area contributed by atoms with Gasteiger partial charge in [-0.1, -0.05) is 0 Å². The van der Waals surface area contributed by atoms with Gasteiger partial charge in [0.05, 0.1) is 12.2 Å². The third kappa shape index (κ3) is 2.93. The third-order valence-electron chi connectivity index (χ3n) is 3.39. The zero-order valence-electron chi connectivity index (χ0n) is 13.2. The summed E-state index contributed by atoms with van der Waals surface area (Å²) >= 11 is 1.67. The number of nitrogens with one attached hydrogen (secondary N) is 1. The lowest BCUT2D eigenvalue weighted by Gasteiger charge is -2.11. The third-order valence-corrected chi connectivity index (χ3v) is 4.29. The van der Waals surface area contributed by atoms with Crippen LogP contribution < -0.4 is 5.32 Å². The fourth-order valence-electron chi connectivity index (χ4n) is 2.23. The molecule has 1 N–H and O–H groups in total. The highest BCUT2D eigenvalue weighted by molar-refractivity contribution is 7.09. The molecule has 116 valence electrons. The summed E-state index contributed by atoms with van der Waals surface area (Å²) in [5.74, 6) is 1.53. The predicted octanol–water partition coefficient (Wildman–Crippen LogP) is 1.87. The molecule has 22 heavy (non-hydrogen) atoms. The molecule has 3 rings (SSSR count). The molecular formula is C14H19N7S. The number of hydrogen-bond acceptors (Lipinski definition) is 7. The molecule has 0 aliphatic heterocycles. The van der Waals surface area contributed by atoms with E-state index in [9.17, 15) is 0 Å². The molecule has 0 fully saturated rings. The van der Waals surface area contributed by atoms with Gasteiger partial charge in [0, 0.05) is 23.2 Å². The van der Waals surface area contributed by atoms with Crippen molar-refractivity contribution in [2.24, 2.45) is 0 Å². The molecule has 3 heterocycles. The lowest BCUT2D eigenvalue weighted by atomic mass is 10.2. The molecular weight excluding hydrogens is 298 g/mol. The summed E-state index contributed by atoms with van der Waals surface area (Å²) in [7, 11) is 4.09. The number of nitrogens with zero attached hydrogens (tertiary/aromatic N) is 6. The summed E-state index contributed by atoms with van der Waals surface area (Å²) in [6, 6.07) is 0. The lowest BCUT2D eigenvalue weighted by molar-refractivity contribution is 0.397. The Hall–Kier alpha value is -2.06. The first-order valence-corrected chi connectivity index (χ1v) is 7.91. The van der Waals surface area contributed by atoms with Crippen molar-refractivity contribution in [1.29, 1.82) is 0 Å². The second kappa shape index (κ2) is 5.98. The topological polar surface area (TPSA) is 71.2 Å². The van der Waals surface area contributed by atoms with E-state index in [1.807, 2.05) is 27.9 Å². The van der Waals surface area contributed by atoms with Crippen molar-refractivity contribution in [3.63, 3.8) is 0 Å². The zero-order chi connectivity index (χ0) is 15.7. The molecule has 0 aliphatic carbocycles. The molecule has 8 heteroatoms. The van der Waals surface area contributed by atoms with Crippen molar-refractivity contribution in [3.05, 3.63) is 33.7 Å². The van der Waals surface area contributed by atoms with Crippen molar-refractivity contribution in [2.75, 3.05) is 19.4 Å². The quantitative estimate of drug-likeness (QED) is 0.774. The van der Waals surface area contributed by atoms with Crippen LogP contribution in [0, 0.1) is 13.8 Å². The van der Waals surface area contributed by atoms with Gasteiger partial charge in [-0.3, -0.25) is 0 Å². The Kier molecular flexibility index (Phi) is 4.04. The average molecular weight is 317 g/mol. The first kappa shape index (κ1) is 14.9. The number of thiazole rings is 1. The summed E-state index contributed by atoms with van der Waals surface area (Å²) in [6.45, 7) is 5.54. The molecule has 0 saturated carbocycles. The van der Waals surface area contributed by atoms with Crippen LogP contribution in [0.5, 0.6) is 0 Å². The Labute approximate surface area is 133 Å². The van der Waals surface area contributed by atoms with E-state index in [4.69, 9.17) is 0 Å². The van der Waals surface area contributed by atoms with Gasteiger partial charge >= 0.3 is 0 Å². The second-order valence-electron chi connectivity index (χ2n) is 5.47. The Morgan fingerprint density at radius 2 is 2.09 bits per heavy atom. The first-order valence-electron chi connectivity index (χ1n) is 7.03. The van der Waals surface area contributed by atoms with E-state index in [1.165, 1.54) is 6.33 Å². The van der Waals surface area contributed by atoms with Crippen molar-refractivity contribution in [1.82, 2.24) is 29.5 Å². The summed E-state index contributed by atoms with van der Waals surface area (Å²) in [4.78, 5) is 15.3. The molecule has 0 saturated heterocycles. The molecule has 7 nitrogen and oxygen atoms in total. The van der Waals surface area contributed by atoms with Crippen LogP contribution in [0.15, 0.2) is 11.7 Å². The van der Waals surface area contributed by atoms with E-state index < -0.39 is 0 Å². The molecule has 3 aromatic heterocycles. The smallest absolute Gasteiger partial charge is 0.254 e. The summed E-state index contributed by atoms with van der Waals surface area (Å²) in [6.07, 6.45) is 1.52. The molecule has 0 aliphatic rings. The zero-order valence-corrected chi connectivity index (χ0v) is 14.0. The second-order valence-corrected chi connectivity index (χ2v) is 6.41. The van der Waals surface area contributed by atoms with Gasteiger partial charge in [0.25, 0.3) is 5.78 Å². The largest absolute Gasteiger partial charge is 0.363 e.